The average molecular weight is 677 g/mol. The van der Waals surface area contributed by atoms with Crippen LogP contribution in [0.5, 0.6) is 0 Å². The molecule has 0 saturated carbocycles. The SMILES string of the molecule is C=Nc1c(/N=C\C)nc(-c2cc(-c3nc4nccnc4n3-c3ccccc3)cc(-c3nc4nccnc4n3-c3ccccc3)c2)n1-c1ccccc1. The predicted molar refractivity (Wildman–Crippen MR) is 203 cm³/mol. The molecule has 5 heterocycles. The second kappa shape index (κ2) is 12.8. The Kier molecular flexibility index (Phi) is 7.51. The van der Waals surface area contributed by atoms with Crippen LogP contribution in [0.3, 0.4) is 0 Å². The molecule has 12 nitrogen and oxygen atoms in total. The minimum Gasteiger partial charge on any atom is -0.275 e. The van der Waals surface area contributed by atoms with Crippen LogP contribution in [-0.2, 0) is 0 Å². The van der Waals surface area contributed by atoms with Gasteiger partial charge in [0.2, 0.25) is 0 Å². The van der Waals surface area contributed by atoms with E-state index in [0.29, 0.717) is 51.7 Å². The van der Waals surface area contributed by atoms with Crippen molar-refractivity contribution in [1.82, 2.24) is 48.6 Å². The van der Waals surface area contributed by atoms with Gasteiger partial charge in [-0.1, -0.05) is 54.6 Å². The maximum absolute atomic E-state index is 5.06. The van der Waals surface area contributed by atoms with Gasteiger partial charge in [-0.25, -0.2) is 44.9 Å². The van der Waals surface area contributed by atoms with Crippen molar-refractivity contribution in [3.63, 3.8) is 0 Å². The highest BCUT2D eigenvalue weighted by Crippen LogP contribution is 2.40. The number of hydrogen-bond acceptors (Lipinski definition) is 9. The molecular formula is C40H28N12. The van der Waals surface area contributed by atoms with E-state index in [4.69, 9.17) is 24.9 Å². The molecule has 52 heavy (non-hydrogen) atoms. The summed E-state index contributed by atoms with van der Waals surface area (Å²) in [4.78, 5) is 42.7. The number of hydrogen-bond donors (Lipinski definition) is 0. The Balaban J connectivity index is 1.39. The minimum atomic E-state index is 0.443. The predicted octanol–water partition coefficient (Wildman–Crippen LogP) is 8.19. The Morgan fingerprint density at radius 1 is 0.519 bits per heavy atom. The summed E-state index contributed by atoms with van der Waals surface area (Å²) in [6.07, 6.45) is 8.34. The normalized spacial score (nSPS) is 11.6. The lowest BCUT2D eigenvalue weighted by atomic mass is 10.0. The van der Waals surface area contributed by atoms with E-state index in [1.54, 1.807) is 31.0 Å². The van der Waals surface area contributed by atoms with Crippen molar-refractivity contribution >= 4 is 47.2 Å². The Hall–Kier alpha value is -7.47. The van der Waals surface area contributed by atoms with Crippen molar-refractivity contribution in [2.75, 3.05) is 0 Å². The average Bonchev–Trinajstić information content (AvgIpc) is 3.91. The Morgan fingerprint density at radius 2 is 0.923 bits per heavy atom. The van der Waals surface area contributed by atoms with E-state index in [9.17, 15) is 0 Å². The van der Waals surface area contributed by atoms with Crippen LogP contribution in [0.25, 0.3) is 73.8 Å². The van der Waals surface area contributed by atoms with Gasteiger partial charge in [0, 0.05) is 64.8 Å². The van der Waals surface area contributed by atoms with Gasteiger partial charge in [0.15, 0.2) is 34.2 Å². The van der Waals surface area contributed by atoms with Crippen LogP contribution in [0.1, 0.15) is 6.92 Å². The number of imidazole rings is 3. The highest BCUT2D eigenvalue weighted by Gasteiger charge is 2.25. The molecule has 9 aromatic rings. The second-order valence-electron chi connectivity index (χ2n) is 11.7. The number of nitrogens with zero attached hydrogens (tertiary/aromatic N) is 12. The monoisotopic (exact) mass is 676 g/mol. The summed E-state index contributed by atoms with van der Waals surface area (Å²) >= 11 is 0. The van der Waals surface area contributed by atoms with Gasteiger partial charge in [0.1, 0.15) is 17.5 Å². The van der Waals surface area contributed by atoms with Crippen molar-refractivity contribution in [3.05, 3.63) is 134 Å². The first kappa shape index (κ1) is 30.6. The van der Waals surface area contributed by atoms with Gasteiger partial charge in [-0.2, -0.15) is 0 Å². The van der Waals surface area contributed by atoms with Crippen LogP contribution in [-0.4, -0.2) is 61.5 Å². The summed E-state index contributed by atoms with van der Waals surface area (Å²) in [6, 6.07) is 36.1. The molecule has 0 aliphatic heterocycles. The van der Waals surface area contributed by atoms with Crippen LogP contribution < -0.4 is 0 Å². The Morgan fingerprint density at radius 3 is 1.35 bits per heavy atom. The summed E-state index contributed by atoms with van der Waals surface area (Å²) in [5, 5.41) is 0. The first-order valence-corrected chi connectivity index (χ1v) is 16.5. The number of benzene rings is 4. The molecule has 0 aliphatic carbocycles. The maximum atomic E-state index is 5.06. The zero-order valence-corrected chi connectivity index (χ0v) is 27.9. The summed E-state index contributed by atoms with van der Waals surface area (Å²) in [5.41, 5.74) is 7.24. The van der Waals surface area contributed by atoms with Gasteiger partial charge in [0.25, 0.3) is 0 Å². The molecule has 0 fully saturated rings. The van der Waals surface area contributed by atoms with E-state index in [2.05, 4.69) is 44.9 Å². The molecule has 0 aliphatic rings. The van der Waals surface area contributed by atoms with Crippen molar-refractivity contribution in [2.45, 2.75) is 6.92 Å². The highest BCUT2D eigenvalue weighted by molar-refractivity contribution is 5.85. The van der Waals surface area contributed by atoms with E-state index in [-0.39, 0.29) is 0 Å². The number of para-hydroxylation sites is 3. The van der Waals surface area contributed by atoms with Gasteiger partial charge >= 0.3 is 0 Å². The van der Waals surface area contributed by atoms with Gasteiger partial charge in [-0.15, -0.1) is 0 Å². The molecule has 5 aromatic heterocycles. The van der Waals surface area contributed by atoms with E-state index in [1.165, 1.54) is 0 Å². The fourth-order valence-electron chi connectivity index (χ4n) is 6.43. The minimum absolute atomic E-state index is 0.443. The molecule has 0 N–H and O–H groups in total. The van der Waals surface area contributed by atoms with Crippen LogP contribution >= 0.6 is 0 Å². The van der Waals surface area contributed by atoms with E-state index < -0.39 is 0 Å². The van der Waals surface area contributed by atoms with Gasteiger partial charge in [-0.05, 0) is 68.2 Å². The molecule has 4 aromatic carbocycles. The summed E-state index contributed by atoms with van der Waals surface area (Å²) in [5.74, 6) is 2.84. The third-order valence-electron chi connectivity index (χ3n) is 8.58. The number of rotatable bonds is 8. The lowest BCUT2D eigenvalue weighted by Crippen LogP contribution is -2.02. The third-order valence-corrected chi connectivity index (χ3v) is 8.58. The molecule has 0 spiro atoms. The van der Waals surface area contributed by atoms with E-state index in [1.807, 2.05) is 112 Å². The number of aliphatic imine (C=N–C) groups is 2. The second-order valence-corrected chi connectivity index (χ2v) is 11.7. The maximum Gasteiger partial charge on any atom is 0.198 e. The molecule has 0 bridgehead atoms. The number of aromatic nitrogens is 10. The molecular weight excluding hydrogens is 649 g/mol. The van der Waals surface area contributed by atoms with Gasteiger partial charge in [-0.3, -0.25) is 13.7 Å². The fourth-order valence-corrected chi connectivity index (χ4v) is 6.43. The molecule has 0 radical (unpaired) electrons. The molecule has 0 saturated heterocycles. The summed E-state index contributed by atoms with van der Waals surface area (Å²) in [6.45, 7) is 5.74. The molecule has 12 heteroatoms. The van der Waals surface area contributed by atoms with Gasteiger partial charge < -0.3 is 0 Å². The van der Waals surface area contributed by atoms with Crippen molar-refractivity contribution in [1.29, 1.82) is 0 Å². The standard InChI is InChI=1S/C40H28N12/c1-3-42-32-38(41-2)50(29-13-7-4-8-14-29)35(47-32)26-23-27(36-48-33-39(45-21-19-43-33)51(36)30-15-9-5-10-16-30)25-28(24-26)37-49-34-40(46-22-20-44-34)52(37)31-17-11-6-12-18-31/h3-25H,2H2,1H3/b42-3-. The summed E-state index contributed by atoms with van der Waals surface area (Å²) < 4.78 is 5.99. The first-order chi connectivity index (χ1) is 25.7. The van der Waals surface area contributed by atoms with Crippen LogP contribution in [0.15, 0.2) is 144 Å². The zero-order valence-electron chi connectivity index (χ0n) is 27.9. The van der Waals surface area contributed by atoms with E-state index >= 15 is 0 Å². The van der Waals surface area contributed by atoms with E-state index in [0.717, 1.165) is 33.8 Å². The Labute approximate surface area is 297 Å². The molecule has 248 valence electrons. The topological polar surface area (TPSA) is 130 Å². The molecule has 0 amide bonds. The molecule has 9 rings (SSSR count). The van der Waals surface area contributed by atoms with Crippen molar-refractivity contribution in [3.8, 4) is 51.2 Å². The zero-order chi connectivity index (χ0) is 35.0. The first-order valence-electron chi connectivity index (χ1n) is 16.5. The largest absolute Gasteiger partial charge is 0.275 e. The smallest absolute Gasteiger partial charge is 0.198 e. The van der Waals surface area contributed by atoms with Crippen LogP contribution in [0.2, 0.25) is 0 Å². The number of fused-ring (bicyclic) bond motifs is 2. The highest BCUT2D eigenvalue weighted by atomic mass is 15.2. The van der Waals surface area contributed by atoms with Crippen LogP contribution in [0.4, 0.5) is 11.6 Å². The summed E-state index contributed by atoms with van der Waals surface area (Å²) in [7, 11) is 0. The van der Waals surface area contributed by atoms with Crippen molar-refractivity contribution < 1.29 is 0 Å². The lowest BCUT2D eigenvalue weighted by molar-refractivity contribution is 1.05. The quantitative estimate of drug-likeness (QED) is 0.148. The van der Waals surface area contributed by atoms with Crippen LogP contribution in [0, 0.1) is 0 Å². The van der Waals surface area contributed by atoms with Crippen molar-refractivity contribution in [2.24, 2.45) is 9.98 Å². The van der Waals surface area contributed by atoms with Gasteiger partial charge in [0.05, 0.1) is 0 Å². The third kappa shape index (κ3) is 5.13. The molecule has 0 atom stereocenters. The Bertz CT molecular complexity index is 2630. The molecule has 0 unspecified atom stereocenters. The fraction of sp³-hybridized carbons (Fsp3) is 0.0250. The lowest BCUT2D eigenvalue weighted by Gasteiger charge is -2.15.